The molecule has 0 aliphatic heterocycles. The molecule has 3 heteroatoms. The van der Waals surface area contributed by atoms with E-state index < -0.39 is 0 Å². The van der Waals surface area contributed by atoms with E-state index >= 15 is 0 Å². The third kappa shape index (κ3) is 3.80. The van der Waals surface area contributed by atoms with E-state index in [-0.39, 0.29) is 0 Å². The van der Waals surface area contributed by atoms with E-state index in [2.05, 4.69) is 42.7 Å². The number of nitrogens with one attached hydrogen (secondary N) is 2. The molecule has 0 spiro atoms. The molecule has 0 unspecified atom stereocenters. The molecule has 0 bridgehead atoms. The van der Waals surface area contributed by atoms with Gasteiger partial charge in [0.25, 0.3) is 0 Å². The molecule has 0 saturated heterocycles. The highest BCUT2D eigenvalue weighted by atomic mass is 32.1. The van der Waals surface area contributed by atoms with Crippen molar-refractivity contribution in [2.75, 3.05) is 5.32 Å². The summed E-state index contributed by atoms with van der Waals surface area (Å²) in [6.45, 7) is 4.93. The Kier molecular flexibility index (Phi) is 4.53. The zero-order chi connectivity index (χ0) is 13.7. The minimum atomic E-state index is 0.651. The smallest absolute Gasteiger partial charge is 0.171 e. The van der Waals surface area contributed by atoms with Crippen molar-refractivity contribution in [3.05, 3.63) is 65.2 Å². The van der Waals surface area contributed by atoms with Gasteiger partial charge in [-0.1, -0.05) is 42.5 Å². The Morgan fingerprint density at radius 2 is 1.74 bits per heavy atom. The Morgan fingerprint density at radius 3 is 2.47 bits per heavy atom. The first-order valence-corrected chi connectivity index (χ1v) is 6.72. The molecule has 2 N–H and O–H groups in total. The fraction of sp³-hybridized carbons (Fsp3) is 0.188. The number of hydrogen-bond acceptors (Lipinski definition) is 1. The number of benzene rings is 2. The van der Waals surface area contributed by atoms with Gasteiger partial charge in [-0.3, -0.25) is 0 Å². The van der Waals surface area contributed by atoms with Gasteiger partial charge >= 0.3 is 0 Å². The van der Waals surface area contributed by atoms with Gasteiger partial charge in [0.05, 0.1) is 0 Å². The monoisotopic (exact) mass is 270 g/mol. The van der Waals surface area contributed by atoms with Crippen LogP contribution in [0, 0.1) is 13.8 Å². The van der Waals surface area contributed by atoms with Crippen LogP contribution < -0.4 is 10.6 Å². The first-order valence-electron chi connectivity index (χ1n) is 6.32. The van der Waals surface area contributed by atoms with Crippen molar-refractivity contribution in [2.45, 2.75) is 20.4 Å². The van der Waals surface area contributed by atoms with Gasteiger partial charge in [0.15, 0.2) is 5.11 Å². The third-order valence-corrected chi connectivity index (χ3v) is 3.40. The summed E-state index contributed by atoms with van der Waals surface area (Å²) in [7, 11) is 0. The van der Waals surface area contributed by atoms with Gasteiger partial charge in [-0.2, -0.15) is 0 Å². The van der Waals surface area contributed by atoms with Crippen molar-refractivity contribution in [3.8, 4) is 0 Å². The standard InChI is InChI=1S/C16H18N2S/c1-12-7-6-10-15(13(12)2)18-16(19)17-11-14-8-4-3-5-9-14/h3-10H,11H2,1-2H3,(H2,17,18,19). The van der Waals surface area contributed by atoms with Crippen molar-refractivity contribution in [1.82, 2.24) is 5.32 Å². The van der Waals surface area contributed by atoms with Crippen molar-refractivity contribution in [3.63, 3.8) is 0 Å². The van der Waals surface area contributed by atoms with Crippen LogP contribution in [0.15, 0.2) is 48.5 Å². The van der Waals surface area contributed by atoms with Crippen LogP contribution in [0.1, 0.15) is 16.7 Å². The first kappa shape index (κ1) is 13.6. The van der Waals surface area contributed by atoms with Gasteiger partial charge < -0.3 is 10.6 Å². The van der Waals surface area contributed by atoms with Crippen LogP contribution in [0.3, 0.4) is 0 Å². The summed E-state index contributed by atoms with van der Waals surface area (Å²) in [6, 6.07) is 16.4. The molecular formula is C16H18N2S. The number of aryl methyl sites for hydroxylation is 1. The predicted octanol–water partition coefficient (Wildman–Crippen LogP) is 3.79. The van der Waals surface area contributed by atoms with Gasteiger partial charge in [0.2, 0.25) is 0 Å². The maximum absolute atomic E-state index is 5.32. The molecule has 2 aromatic rings. The summed E-state index contributed by atoms with van der Waals surface area (Å²) in [5, 5.41) is 7.11. The second-order valence-corrected chi connectivity index (χ2v) is 4.95. The highest BCUT2D eigenvalue weighted by molar-refractivity contribution is 7.80. The fourth-order valence-corrected chi connectivity index (χ4v) is 2.01. The zero-order valence-electron chi connectivity index (χ0n) is 11.2. The van der Waals surface area contributed by atoms with E-state index in [1.165, 1.54) is 16.7 Å². The van der Waals surface area contributed by atoms with E-state index in [0.29, 0.717) is 5.11 Å². The van der Waals surface area contributed by atoms with Gasteiger partial charge in [0, 0.05) is 12.2 Å². The lowest BCUT2D eigenvalue weighted by molar-refractivity contribution is 0.925. The summed E-state index contributed by atoms with van der Waals surface area (Å²) in [4.78, 5) is 0. The summed E-state index contributed by atoms with van der Waals surface area (Å²) in [5.74, 6) is 0. The van der Waals surface area contributed by atoms with E-state index in [9.17, 15) is 0 Å². The zero-order valence-corrected chi connectivity index (χ0v) is 12.1. The molecule has 2 nitrogen and oxygen atoms in total. The molecule has 0 fully saturated rings. The van der Waals surface area contributed by atoms with Gasteiger partial charge in [-0.05, 0) is 48.8 Å². The van der Waals surface area contributed by atoms with E-state index in [4.69, 9.17) is 12.2 Å². The lowest BCUT2D eigenvalue weighted by Gasteiger charge is -2.13. The number of anilines is 1. The Labute approximate surface area is 119 Å². The quantitative estimate of drug-likeness (QED) is 0.830. The number of thiocarbonyl (C=S) groups is 1. The Hall–Kier alpha value is -1.87. The molecule has 0 heterocycles. The summed E-state index contributed by atoms with van der Waals surface area (Å²) < 4.78 is 0. The van der Waals surface area contributed by atoms with Crippen LogP contribution in [0.2, 0.25) is 0 Å². The Balaban J connectivity index is 1.93. The van der Waals surface area contributed by atoms with Crippen molar-refractivity contribution in [1.29, 1.82) is 0 Å². The summed E-state index contributed by atoms with van der Waals surface area (Å²) >= 11 is 5.32. The normalized spacial score (nSPS) is 10.0. The second kappa shape index (κ2) is 6.34. The molecule has 0 atom stereocenters. The lowest BCUT2D eigenvalue weighted by atomic mass is 10.1. The predicted molar refractivity (Wildman–Crippen MR) is 85.4 cm³/mol. The first-order chi connectivity index (χ1) is 9.16. The summed E-state index contributed by atoms with van der Waals surface area (Å²) in [6.07, 6.45) is 0. The largest absolute Gasteiger partial charge is 0.358 e. The van der Waals surface area contributed by atoms with Crippen molar-refractivity contribution in [2.24, 2.45) is 0 Å². The van der Waals surface area contributed by atoms with Crippen LogP contribution in [0.25, 0.3) is 0 Å². The minimum Gasteiger partial charge on any atom is -0.358 e. The van der Waals surface area contributed by atoms with Gasteiger partial charge in [-0.15, -0.1) is 0 Å². The van der Waals surface area contributed by atoms with E-state index in [1.807, 2.05) is 30.3 Å². The average molecular weight is 270 g/mol. The molecule has 2 rings (SSSR count). The third-order valence-electron chi connectivity index (χ3n) is 3.15. The minimum absolute atomic E-state index is 0.651. The fourth-order valence-electron chi connectivity index (χ4n) is 1.83. The highest BCUT2D eigenvalue weighted by Gasteiger charge is 2.02. The number of hydrogen-bond donors (Lipinski definition) is 2. The SMILES string of the molecule is Cc1cccc(NC(=S)NCc2ccccc2)c1C. The molecule has 19 heavy (non-hydrogen) atoms. The summed E-state index contributed by atoms with van der Waals surface area (Å²) in [5.41, 5.74) is 4.76. The van der Waals surface area contributed by atoms with Crippen LogP contribution in [-0.2, 0) is 6.54 Å². The van der Waals surface area contributed by atoms with Crippen molar-refractivity contribution >= 4 is 23.0 Å². The van der Waals surface area contributed by atoms with Crippen LogP contribution in [0.5, 0.6) is 0 Å². The Bertz CT molecular complexity index is 564. The molecule has 0 radical (unpaired) electrons. The maximum atomic E-state index is 5.32. The topological polar surface area (TPSA) is 24.1 Å². The van der Waals surface area contributed by atoms with Crippen LogP contribution in [-0.4, -0.2) is 5.11 Å². The average Bonchev–Trinajstić information content (AvgIpc) is 2.43. The van der Waals surface area contributed by atoms with Gasteiger partial charge in [-0.25, -0.2) is 0 Å². The highest BCUT2D eigenvalue weighted by Crippen LogP contribution is 2.17. The van der Waals surface area contributed by atoms with Gasteiger partial charge in [0.1, 0.15) is 0 Å². The molecule has 0 aliphatic carbocycles. The lowest BCUT2D eigenvalue weighted by Crippen LogP contribution is -2.28. The van der Waals surface area contributed by atoms with Crippen LogP contribution >= 0.6 is 12.2 Å². The van der Waals surface area contributed by atoms with E-state index in [1.54, 1.807) is 0 Å². The second-order valence-electron chi connectivity index (χ2n) is 4.54. The molecule has 0 saturated carbocycles. The molecule has 98 valence electrons. The Morgan fingerprint density at radius 1 is 1.00 bits per heavy atom. The van der Waals surface area contributed by atoms with Crippen molar-refractivity contribution < 1.29 is 0 Å². The maximum Gasteiger partial charge on any atom is 0.171 e. The number of rotatable bonds is 3. The molecule has 0 aromatic heterocycles. The molecule has 0 amide bonds. The van der Waals surface area contributed by atoms with Crippen LogP contribution in [0.4, 0.5) is 5.69 Å². The molecule has 2 aromatic carbocycles. The molecular weight excluding hydrogens is 252 g/mol. The van der Waals surface area contributed by atoms with E-state index in [0.717, 1.165) is 12.2 Å². The molecule has 0 aliphatic rings.